The van der Waals surface area contributed by atoms with Gasteiger partial charge in [0.15, 0.2) is 0 Å². The molecule has 0 aromatic heterocycles. The summed E-state index contributed by atoms with van der Waals surface area (Å²) in [6, 6.07) is 11.1. The van der Waals surface area contributed by atoms with Crippen molar-refractivity contribution in [3.05, 3.63) is 64.7 Å². The topological polar surface area (TPSA) is 66.4 Å². The minimum absolute atomic E-state index is 0.0428. The van der Waals surface area contributed by atoms with Crippen LogP contribution in [-0.2, 0) is 11.2 Å². The van der Waals surface area contributed by atoms with Crippen molar-refractivity contribution in [3.63, 3.8) is 0 Å². The summed E-state index contributed by atoms with van der Waals surface area (Å²) in [5.41, 5.74) is 2.38. The molecule has 1 unspecified atom stereocenters. The fourth-order valence-corrected chi connectivity index (χ4v) is 2.86. The Balaban J connectivity index is 1.73. The maximum atomic E-state index is 13.3. The highest BCUT2D eigenvalue weighted by atomic mass is 19.3. The van der Waals surface area contributed by atoms with Gasteiger partial charge in [-0.3, -0.25) is 4.79 Å². The highest BCUT2D eigenvalue weighted by molar-refractivity contribution is 5.94. The molecular weight excluding hydrogens is 328 g/mol. The lowest BCUT2D eigenvalue weighted by molar-refractivity contribution is -0.115. The quantitative estimate of drug-likeness (QED) is 0.861. The third kappa shape index (κ3) is 3.68. The van der Waals surface area contributed by atoms with Crippen LogP contribution in [-0.4, -0.2) is 22.9 Å². The van der Waals surface area contributed by atoms with E-state index >= 15 is 0 Å². The molecule has 1 fully saturated rings. The van der Waals surface area contributed by atoms with Crippen LogP contribution >= 0.6 is 0 Å². The summed E-state index contributed by atoms with van der Waals surface area (Å²) in [4.78, 5) is 23.2. The molecule has 2 aromatic rings. The predicted octanol–water partition coefficient (Wildman–Crippen LogP) is 4.00. The van der Waals surface area contributed by atoms with Crippen LogP contribution < -0.4 is 5.32 Å². The summed E-state index contributed by atoms with van der Waals surface area (Å²) in [6.07, 6.45) is -0.156. The van der Waals surface area contributed by atoms with Crippen molar-refractivity contribution in [1.82, 2.24) is 0 Å². The Kier molecular flexibility index (Phi) is 4.29. The van der Waals surface area contributed by atoms with E-state index < -0.39 is 17.8 Å². The molecule has 25 heavy (non-hydrogen) atoms. The van der Waals surface area contributed by atoms with E-state index in [0.29, 0.717) is 22.4 Å². The molecule has 3 rings (SSSR count). The molecular formula is C19H17F2NO3. The van der Waals surface area contributed by atoms with Crippen LogP contribution in [0.1, 0.15) is 39.4 Å². The van der Waals surface area contributed by atoms with E-state index in [1.54, 1.807) is 37.3 Å². The summed E-state index contributed by atoms with van der Waals surface area (Å²) in [6.45, 7) is 1.73. The van der Waals surface area contributed by atoms with E-state index in [2.05, 4.69) is 5.32 Å². The molecule has 0 radical (unpaired) electrons. The first kappa shape index (κ1) is 17.1. The van der Waals surface area contributed by atoms with Crippen molar-refractivity contribution in [1.29, 1.82) is 0 Å². The summed E-state index contributed by atoms with van der Waals surface area (Å²) in [5.74, 6) is -4.91. The van der Waals surface area contributed by atoms with Gasteiger partial charge in [-0.2, -0.15) is 0 Å². The summed E-state index contributed by atoms with van der Waals surface area (Å²) >= 11 is 0. The van der Waals surface area contributed by atoms with Crippen molar-refractivity contribution in [2.75, 3.05) is 5.32 Å². The lowest BCUT2D eigenvalue weighted by atomic mass is 10.0. The molecule has 6 heteroatoms. The fraction of sp³-hybridized carbons (Fsp3) is 0.263. The molecule has 0 spiro atoms. The number of para-hydroxylation sites is 1. The van der Waals surface area contributed by atoms with Gasteiger partial charge in [0.05, 0.1) is 17.9 Å². The number of carbonyl (C=O) groups excluding carboxylic acids is 1. The fourth-order valence-electron chi connectivity index (χ4n) is 2.86. The second-order valence-electron chi connectivity index (χ2n) is 6.28. The molecule has 130 valence electrons. The van der Waals surface area contributed by atoms with Gasteiger partial charge >= 0.3 is 5.97 Å². The van der Waals surface area contributed by atoms with Crippen molar-refractivity contribution in [3.8, 4) is 0 Å². The minimum atomic E-state index is -2.70. The number of nitrogens with one attached hydrogen (secondary N) is 1. The average Bonchev–Trinajstić information content (AvgIpc) is 3.18. The van der Waals surface area contributed by atoms with Gasteiger partial charge < -0.3 is 10.4 Å². The summed E-state index contributed by atoms with van der Waals surface area (Å²) < 4.78 is 26.7. The Labute approximate surface area is 143 Å². The normalized spacial score (nSPS) is 17.8. The Morgan fingerprint density at radius 2 is 1.92 bits per heavy atom. The minimum Gasteiger partial charge on any atom is -0.478 e. The number of halogens is 2. The molecule has 1 amide bonds. The molecule has 4 nitrogen and oxygen atoms in total. The second-order valence-corrected chi connectivity index (χ2v) is 6.28. The number of alkyl halides is 2. The molecule has 0 saturated heterocycles. The highest BCUT2D eigenvalue weighted by Gasteiger charge is 2.58. The number of benzene rings is 2. The predicted molar refractivity (Wildman–Crippen MR) is 89.2 cm³/mol. The van der Waals surface area contributed by atoms with Gasteiger partial charge in [-0.1, -0.05) is 24.3 Å². The average molecular weight is 345 g/mol. The van der Waals surface area contributed by atoms with E-state index in [4.69, 9.17) is 5.11 Å². The standard InChI is InChI=1S/C19H17F2NO3/c1-11-8-13(18(24)25)7-6-12(11)9-17(23)22-16-5-3-2-4-14(16)15-10-19(15,20)21/h2-8,15H,9-10H2,1H3,(H,22,23)(H,24,25). The second kappa shape index (κ2) is 6.27. The van der Waals surface area contributed by atoms with Gasteiger partial charge in [0, 0.05) is 12.1 Å². The molecule has 1 aliphatic rings. The van der Waals surface area contributed by atoms with Crippen LogP contribution in [0, 0.1) is 6.92 Å². The van der Waals surface area contributed by atoms with Crippen LogP contribution in [0.2, 0.25) is 0 Å². The SMILES string of the molecule is Cc1cc(C(=O)O)ccc1CC(=O)Nc1ccccc1C1CC1(F)F. The maximum Gasteiger partial charge on any atom is 0.335 e. The van der Waals surface area contributed by atoms with E-state index in [9.17, 15) is 18.4 Å². The molecule has 0 heterocycles. The molecule has 2 aromatic carbocycles. The largest absolute Gasteiger partial charge is 0.478 e. The van der Waals surface area contributed by atoms with E-state index in [1.165, 1.54) is 12.1 Å². The van der Waals surface area contributed by atoms with Gasteiger partial charge in [0.1, 0.15) is 0 Å². The van der Waals surface area contributed by atoms with Crippen LogP contribution in [0.5, 0.6) is 0 Å². The number of carboxylic acids is 1. The first-order chi connectivity index (χ1) is 11.8. The number of carbonyl (C=O) groups is 2. The third-order valence-electron chi connectivity index (χ3n) is 4.38. The monoisotopic (exact) mass is 345 g/mol. The Hall–Kier alpha value is -2.76. The van der Waals surface area contributed by atoms with Crippen molar-refractivity contribution in [2.24, 2.45) is 0 Å². The van der Waals surface area contributed by atoms with Crippen molar-refractivity contribution >= 4 is 17.6 Å². The van der Waals surface area contributed by atoms with Crippen LogP contribution in [0.3, 0.4) is 0 Å². The van der Waals surface area contributed by atoms with Gasteiger partial charge in [-0.05, 0) is 41.8 Å². The summed E-state index contributed by atoms with van der Waals surface area (Å²) in [5, 5.41) is 11.7. The third-order valence-corrected chi connectivity index (χ3v) is 4.38. The Morgan fingerprint density at radius 1 is 1.24 bits per heavy atom. The molecule has 1 aliphatic carbocycles. The van der Waals surface area contributed by atoms with Gasteiger partial charge in [-0.25, -0.2) is 13.6 Å². The van der Waals surface area contributed by atoms with Crippen molar-refractivity contribution in [2.45, 2.75) is 31.6 Å². The number of carboxylic acid groups (broad SMARTS) is 1. The number of aromatic carboxylic acids is 1. The first-order valence-corrected chi connectivity index (χ1v) is 7.87. The zero-order chi connectivity index (χ0) is 18.2. The zero-order valence-corrected chi connectivity index (χ0v) is 13.6. The van der Waals surface area contributed by atoms with Gasteiger partial charge in [0.2, 0.25) is 5.91 Å². The van der Waals surface area contributed by atoms with Crippen LogP contribution in [0.15, 0.2) is 42.5 Å². The Bertz CT molecular complexity index is 848. The molecule has 1 saturated carbocycles. The smallest absolute Gasteiger partial charge is 0.335 e. The van der Waals surface area contributed by atoms with E-state index in [1.807, 2.05) is 0 Å². The lowest BCUT2D eigenvalue weighted by Crippen LogP contribution is -2.16. The molecule has 0 aliphatic heterocycles. The zero-order valence-electron chi connectivity index (χ0n) is 13.6. The first-order valence-electron chi connectivity index (χ1n) is 7.87. The van der Waals surface area contributed by atoms with Crippen LogP contribution in [0.25, 0.3) is 0 Å². The molecule has 1 atom stereocenters. The highest BCUT2D eigenvalue weighted by Crippen LogP contribution is 2.57. The number of amides is 1. The van der Waals surface area contributed by atoms with Gasteiger partial charge in [-0.15, -0.1) is 0 Å². The number of rotatable bonds is 5. The molecule has 0 bridgehead atoms. The number of hydrogen-bond acceptors (Lipinski definition) is 2. The van der Waals surface area contributed by atoms with E-state index in [0.717, 1.165) is 0 Å². The lowest BCUT2D eigenvalue weighted by Gasteiger charge is -2.12. The van der Waals surface area contributed by atoms with Crippen LogP contribution in [0.4, 0.5) is 14.5 Å². The number of anilines is 1. The maximum absolute atomic E-state index is 13.3. The Morgan fingerprint density at radius 3 is 2.52 bits per heavy atom. The number of aryl methyl sites for hydroxylation is 1. The summed E-state index contributed by atoms with van der Waals surface area (Å²) in [7, 11) is 0. The van der Waals surface area contributed by atoms with Gasteiger partial charge in [0.25, 0.3) is 5.92 Å². The van der Waals surface area contributed by atoms with E-state index in [-0.39, 0.29) is 24.3 Å². The van der Waals surface area contributed by atoms with Crippen molar-refractivity contribution < 1.29 is 23.5 Å². The molecule has 2 N–H and O–H groups in total. The number of hydrogen-bond donors (Lipinski definition) is 2.